The Balaban J connectivity index is 1.88. The van der Waals surface area contributed by atoms with Gasteiger partial charge in [-0.1, -0.05) is 18.2 Å². The Kier molecular flexibility index (Phi) is 2.72. The number of aliphatic hydroxyl groups excluding tert-OH is 1. The molecule has 3 rings (SSSR count). The first kappa shape index (κ1) is 11.2. The summed E-state index contributed by atoms with van der Waals surface area (Å²) in [7, 11) is 0. The van der Waals surface area contributed by atoms with Gasteiger partial charge in [0.25, 0.3) is 0 Å². The molecule has 0 bridgehead atoms. The van der Waals surface area contributed by atoms with Crippen molar-refractivity contribution in [1.29, 1.82) is 0 Å². The minimum absolute atomic E-state index is 0.138. The normalized spacial score (nSPS) is 32.5. The molecule has 17 heavy (non-hydrogen) atoms. The van der Waals surface area contributed by atoms with E-state index in [1.807, 2.05) is 0 Å². The molecule has 0 aliphatic heterocycles. The van der Waals surface area contributed by atoms with Crippen LogP contribution < -0.4 is 5.73 Å². The molecule has 0 spiro atoms. The summed E-state index contributed by atoms with van der Waals surface area (Å²) in [6.45, 7) is 0. The van der Waals surface area contributed by atoms with E-state index in [1.165, 1.54) is 36.0 Å². The van der Waals surface area contributed by atoms with Crippen LogP contribution in [-0.4, -0.2) is 11.2 Å². The van der Waals surface area contributed by atoms with Crippen LogP contribution in [0.5, 0.6) is 0 Å². The highest BCUT2D eigenvalue weighted by molar-refractivity contribution is 5.38. The van der Waals surface area contributed by atoms with Crippen LogP contribution in [0.2, 0.25) is 0 Å². The zero-order valence-electron chi connectivity index (χ0n) is 10.3. The van der Waals surface area contributed by atoms with E-state index in [0.29, 0.717) is 0 Å². The van der Waals surface area contributed by atoms with Crippen LogP contribution in [0.25, 0.3) is 0 Å². The molecule has 1 fully saturated rings. The maximum Gasteiger partial charge on any atom is 0.0541 e. The molecule has 0 unspecified atom stereocenters. The van der Waals surface area contributed by atoms with E-state index in [9.17, 15) is 5.11 Å². The summed E-state index contributed by atoms with van der Waals surface area (Å²) >= 11 is 0. The van der Waals surface area contributed by atoms with Crippen molar-refractivity contribution in [2.75, 3.05) is 0 Å². The largest absolute Gasteiger partial charge is 0.393 e. The molecule has 3 N–H and O–H groups in total. The van der Waals surface area contributed by atoms with Crippen LogP contribution in [0.3, 0.4) is 0 Å². The molecule has 92 valence electrons. The number of nitrogens with two attached hydrogens (primary N) is 1. The second-order valence-electron chi connectivity index (χ2n) is 5.72. The molecule has 0 amide bonds. The van der Waals surface area contributed by atoms with Crippen LogP contribution in [0.4, 0.5) is 0 Å². The van der Waals surface area contributed by atoms with Gasteiger partial charge >= 0.3 is 0 Å². The summed E-state index contributed by atoms with van der Waals surface area (Å²) in [5.74, 6) is 0. The van der Waals surface area contributed by atoms with Crippen molar-refractivity contribution < 1.29 is 5.11 Å². The van der Waals surface area contributed by atoms with Crippen LogP contribution in [-0.2, 0) is 18.4 Å². The first-order valence-corrected chi connectivity index (χ1v) is 6.77. The van der Waals surface area contributed by atoms with Gasteiger partial charge in [0, 0.05) is 5.54 Å². The molecule has 2 nitrogen and oxygen atoms in total. The highest BCUT2D eigenvalue weighted by atomic mass is 16.3. The third-order valence-electron chi connectivity index (χ3n) is 4.52. The van der Waals surface area contributed by atoms with E-state index in [1.54, 1.807) is 0 Å². The van der Waals surface area contributed by atoms with Crippen LogP contribution in [0.1, 0.15) is 48.8 Å². The lowest BCUT2D eigenvalue weighted by Crippen LogP contribution is -2.41. The van der Waals surface area contributed by atoms with Crippen molar-refractivity contribution in [2.45, 2.75) is 56.6 Å². The summed E-state index contributed by atoms with van der Waals surface area (Å²) in [6.07, 6.45) is 7.09. The topological polar surface area (TPSA) is 46.2 Å². The molecule has 0 saturated heterocycles. The molecule has 2 aliphatic carbocycles. The minimum Gasteiger partial charge on any atom is -0.393 e. The Morgan fingerprint density at radius 3 is 2.59 bits per heavy atom. The fourth-order valence-electron chi connectivity index (χ4n) is 3.29. The number of hydrogen-bond acceptors (Lipinski definition) is 2. The quantitative estimate of drug-likeness (QED) is 0.779. The van der Waals surface area contributed by atoms with Crippen molar-refractivity contribution in [1.82, 2.24) is 0 Å². The summed E-state index contributed by atoms with van der Waals surface area (Å²) in [6, 6.07) is 6.79. The number of benzene rings is 1. The third-order valence-corrected chi connectivity index (χ3v) is 4.52. The minimum atomic E-state index is -0.198. The predicted molar refractivity (Wildman–Crippen MR) is 68.8 cm³/mol. The Morgan fingerprint density at radius 1 is 1.12 bits per heavy atom. The maximum absolute atomic E-state index is 9.59. The Hall–Kier alpha value is -0.860. The monoisotopic (exact) mass is 231 g/mol. The maximum atomic E-state index is 9.59. The number of hydrogen-bond donors (Lipinski definition) is 2. The van der Waals surface area contributed by atoms with Gasteiger partial charge in [-0.15, -0.1) is 0 Å². The first-order chi connectivity index (χ1) is 8.17. The lowest BCUT2D eigenvalue weighted by atomic mass is 9.76. The molecule has 2 heteroatoms. The summed E-state index contributed by atoms with van der Waals surface area (Å²) in [5, 5.41) is 9.59. The number of aliphatic hydroxyl groups is 1. The van der Waals surface area contributed by atoms with E-state index in [4.69, 9.17) is 5.73 Å². The van der Waals surface area contributed by atoms with Gasteiger partial charge in [-0.3, -0.25) is 0 Å². The molecule has 1 aromatic carbocycles. The lowest BCUT2D eigenvalue weighted by molar-refractivity contribution is 0.0969. The highest BCUT2D eigenvalue weighted by Crippen LogP contribution is 2.36. The van der Waals surface area contributed by atoms with Crippen LogP contribution >= 0.6 is 0 Å². The van der Waals surface area contributed by atoms with Gasteiger partial charge in [0.05, 0.1) is 6.10 Å². The zero-order valence-corrected chi connectivity index (χ0v) is 10.3. The molecule has 0 aromatic heterocycles. The fraction of sp³-hybridized carbons (Fsp3) is 0.600. The molecule has 1 saturated carbocycles. The smallest absolute Gasteiger partial charge is 0.0541 e. The number of rotatable bonds is 1. The van der Waals surface area contributed by atoms with Crippen molar-refractivity contribution in [2.24, 2.45) is 5.73 Å². The second kappa shape index (κ2) is 4.11. The van der Waals surface area contributed by atoms with E-state index in [-0.39, 0.29) is 11.6 Å². The molecule has 0 radical (unpaired) electrons. The SMILES string of the molecule is NC1(c2ccc3c(c2)CCC3)CCC(O)CC1. The highest BCUT2D eigenvalue weighted by Gasteiger charge is 2.33. The molecular weight excluding hydrogens is 210 g/mol. The summed E-state index contributed by atoms with van der Waals surface area (Å²) < 4.78 is 0. The van der Waals surface area contributed by atoms with Gasteiger partial charge < -0.3 is 10.8 Å². The average molecular weight is 231 g/mol. The summed E-state index contributed by atoms with van der Waals surface area (Å²) in [5.41, 5.74) is 10.6. The van der Waals surface area contributed by atoms with Gasteiger partial charge in [-0.05, 0) is 61.6 Å². The lowest BCUT2D eigenvalue weighted by Gasteiger charge is -2.36. The van der Waals surface area contributed by atoms with Crippen LogP contribution in [0, 0.1) is 0 Å². The van der Waals surface area contributed by atoms with Crippen molar-refractivity contribution in [3.63, 3.8) is 0 Å². The molecule has 0 heterocycles. The Labute approximate surface area is 103 Å². The summed E-state index contributed by atoms with van der Waals surface area (Å²) in [4.78, 5) is 0. The molecule has 1 aromatic rings. The van der Waals surface area contributed by atoms with E-state index in [0.717, 1.165) is 25.7 Å². The Morgan fingerprint density at radius 2 is 1.82 bits per heavy atom. The van der Waals surface area contributed by atoms with Crippen molar-refractivity contribution in [3.05, 3.63) is 34.9 Å². The second-order valence-corrected chi connectivity index (χ2v) is 5.72. The third kappa shape index (κ3) is 2.00. The average Bonchev–Trinajstić information content (AvgIpc) is 2.80. The van der Waals surface area contributed by atoms with Crippen LogP contribution in [0.15, 0.2) is 18.2 Å². The first-order valence-electron chi connectivity index (χ1n) is 6.77. The van der Waals surface area contributed by atoms with Crippen molar-refractivity contribution in [3.8, 4) is 0 Å². The molecule has 0 atom stereocenters. The van der Waals surface area contributed by atoms with E-state index < -0.39 is 0 Å². The van der Waals surface area contributed by atoms with Gasteiger partial charge in [0.1, 0.15) is 0 Å². The van der Waals surface area contributed by atoms with Gasteiger partial charge in [0.15, 0.2) is 0 Å². The Bertz CT molecular complexity index is 419. The fourth-order valence-corrected chi connectivity index (χ4v) is 3.29. The molecular formula is C15H21NO. The standard InChI is InChI=1S/C15H21NO/c16-15(8-6-14(17)7-9-15)13-5-4-11-2-1-3-12(11)10-13/h4-5,10,14,17H,1-3,6-9,16H2. The number of fused-ring (bicyclic) bond motifs is 1. The molecule has 2 aliphatic rings. The zero-order chi connectivity index (χ0) is 11.9. The van der Waals surface area contributed by atoms with Gasteiger partial charge in [-0.25, -0.2) is 0 Å². The van der Waals surface area contributed by atoms with Gasteiger partial charge in [-0.2, -0.15) is 0 Å². The van der Waals surface area contributed by atoms with E-state index in [2.05, 4.69) is 18.2 Å². The van der Waals surface area contributed by atoms with Gasteiger partial charge in [0.2, 0.25) is 0 Å². The number of aryl methyl sites for hydroxylation is 2. The van der Waals surface area contributed by atoms with Crippen molar-refractivity contribution >= 4 is 0 Å². The van der Waals surface area contributed by atoms with E-state index >= 15 is 0 Å². The predicted octanol–water partition coefficient (Wildman–Crippen LogP) is 2.26.